The Bertz CT molecular complexity index is 793. The predicted octanol–water partition coefficient (Wildman–Crippen LogP) is 2.82. The summed E-state index contributed by atoms with van der Waals surface area (Å²) in [5.74, 6) is 0.905. The van der Waals surface area contributed by atoms with E-state index in [1.54, 1.807) is 23.8 Å². The zero-order valence-electron chi connectivity index (χ0n) is 12.7. The Balaban J connectivity index is 1.64. The number of aromatic nitrogens is 3. The van der Waals surface area contributed by atoms with E-state index in [9.17, 15) is 4.79 Å². The van der Waals surface area contributed by atoms with E-state index in [1.165, 1.54) is 11.3 Å². The van der Waals surface area contributed by atoms with Crippen LogP contribution in [0.15, 0.2) is 34.3 Å². The number of nitrogens with zero attached hydrogens (tertiary/aromatic N) is 3. The molecular formula is C15H15N5O2S. The first kappa shape index (κ1) is 15.2. The lowest BCUT2D eigenvalue weighted by Crippen LogP contribution is -2.22. The number of hydrogen-bond acceptors (Lipinski definition) is 7. The van der Waals surface area contributed by atoms with Gasteiger partial charge < -0.3 is 15.1 Å². The fourth-order valence-electron chi connectivity index (χ4n) is 1.98. The summed E-state index contributed by atoms with van der Waals surface area (Å²) in [5, 5.41) is 8.02. The van der Waals surface area contributed by atoms with Crippen molar-refractivity contribution in [3.05, 3.63) is 52.7 Å². The molecule has 0 bridgehead atoms. The molecule has 7 nitrogen and oxygen atoms in total. The smallest absolute Gasteiger partial charge is 0.271 e. The third-order valence-corrected chi connectivity index (χ3v) is 3.70. The van der Waals surface area contributed by atoms with Gasteiger partial charge in [0.1, 0.15) is 11.5 Å². The molecule has 0 saturated carbocycles. The first-order valence-electron chi connectivity index (χ1n) is 6.95. The van der Waals surface area contributed by atoms with Crippen LogP contribution in [0.1, 0.15) is 27.6 Å². The van der Waals surface area contributed by atoms with E-state index < -0.39 is 0 Å². The molecule has 8 heteroatoms. The van der Waals surface area contributed by atoms with Crippen LogP contribution in [0.25, 0.3) is 0 Å². The normalized spacial score (nSPS) is 10.5. The highest BCUT2D eigenvalue weighted by Crippen LogP contribution is 2.19. The number of anilines is 2. The summed E-state index contributed by atoms with van der Waals surface area (Å²) in [6.07, 6.45) is 1.57. The molecule has 3 aromatic rings. The summed E-state index contributed by atoms with van der Waals surface area (Å²) in [5.41, 5.74) is 2.08. The van der Waals surface area contributed by atoms with Crippen LogP contribution in [0.5, 0.6) is 0 Å². The van der Waals surface area contributed by atoms with Crippen LogP contribution in [-0.4, -0.2) is 20.9 Å². The molecule has 0 radical (unpaired) electrons. The summed E-state index contributed by atoms with van der Waals surface area (Å²) >= 11 is 1.32. The number of furan rings is 1. The van der Waals surface area contributed by atoms with E-state index in [0.717, 1.165) is 11.4 Å². The highest BCUT2D eigenvalue weighted by Gasteiger charge is 2.12. The van der Waals surface area contributed by atoms with E-state index in [1.807, 2.05) is 19.9 Å². The van der Waals surface area contributed by atoms with E-state index in [2.05, 4.69) is 25.6 Å². The zero-order chi connectivity index (χ0) is 16.2. The molecule has 3 aromatic heterocycles. The molecule has 0 atom stereocenters. The van der Waals surface area contributed by atoms with Crippen LogP contribution in [0, 0.1) is 13.8 Å². The Hall–Kier alpha value is -2.74. The average Bonchev–Trinajstić information content (AvgIpc) is 3.15. The molecule has 0 aliphatic carbocycles. The van der Waals surface area contributed by atoms with Crippen molar-refractivity contribution in [2.75, 3.05) is 5.32 Å². The van der Waals surface area contributed by atoms with Gasteiger partial charge in [-0.1, -0.05) is 0 Å². The number of amides is 1. The predicted molar refractivity (Wildman–Crippen MR) is 86.8 cm³/mol. The van der Waals surface area contributed by atoms with Crippen LogP contribution < -0.4 is 10.6 Å². The van der Waals surface area contributed by atoms with Gasteiger partial charge in [0.25, 0.3) is 5.91 Å². The van der Waals surface area contributed by atoms with Gasteiger partial charge in [0.05, 0.1) is 12.8 Å². The Morgan fingerprint density at radius 3 is 2.74 bits per heavy atom. The summed E-state index contributed by atoms with van der Waals surface area (Å²) in [6, 6.07) is 5.46. The molecule has 2 N–H and O–H groups in total. The number of rotatable bonds is 5. The second-order valence-corrected chi connectivity index (χ2v) is 5.76. The van der Waals surface area contributed by atoms with E-state index in [-0.39, 0.29) is 5.91 Å². The molecule has 0 spiro atoms. The van der Waals surface area contributed by atoms with Crippen LogP contribution in [0.2, 0.25) is 0 Å². The van der Waals surface area contributed by atoms with Crippen molar-refractivity contribution in [2.24, 2.45) is 0 Å². The minimum absolute atomic E-state index is 0.257. The van der Waals surface area contributed by atoms with Crippen molar-refractivity contribution in [1.82, 2.24) is 20.3 Å². The van der Waals surface area contributed by atoms with Gasteiger partial charge >= 0.3 is 0 Å². The molecule has 1 amide bonds. The van der Waals surface area contributed by atoms with Gasteiger partial charge in [-0.25, -0.2) is 15.0 Å². The van der Waals surface area contributed by atoms with Crippen LogP contribution in [-0.2, 0) is 6.54 Å². The van der Waals surface area contributed by atoms with Crippen molar-refractivity contribution in [3.8, 4) is 0 Å². The lowest BCUT2D eigenvalue weighted by Gasteiger charge is -2.03. The summed E-state index contributed by atoms with van der Waals surface area (Å²) in [6.45, 7) is 4.12. The molecular weight excluding hydrogens is 314 g/mol. The summed E-state index contributed by atoms with van der Waals surface area (Å²) < 4.78 is 5.16. The average molecular weight is 329 g/mol. The lowest BCUT2D eigenvalue weighted by molar-refractivity contribution is 0.0944. The lowest BCUT2D eigenvalue weighted by atomic mass is 10.4. The third-order valence-electron chi connectivity index (χ3n) is 2.94. The van der Waals surface area contributed by atoms with Crippen molar-refractivity contribution in [3.63, 3.8) is 0 Å². The first-order chi connectivity index (χ1) is 11.1. The van der Waals surface area contributed by atoms with Gasteiger partial charge in [-0.05, 0) is 32.0 Å². The van der Waals surface area contributed by atoms with E-state index in [4.69, 9.17) is 4.42 Å². The second kappa shape index (κ2) is 6.57. The minimum Gasteiger partial charge on any atom is -0.467 e. The molecule has 3 heterocycles. The maximum Gasteiger partial charge on any atom is 0.271 e. The van der Waals surface area contributed by atoms with Crippen LogP contribution in [0.3, 0.4) is 0 Å². The number of nitrogens with one attached hydrogen (secondary N) is 2. The molecule has 0 fully saturated rings. The zero-order valence-corrected chi connectivity index (χ0v) is 13.5. The fourth-order valence-corrected chi connectivity index (χ4v) is 2.67. The number of thiazole rings is 1. The Labute approximate surface area is 136 Å². The molecule has 0 aliphatic heterocycles. The molecule has 3 rings (SSSR count). The summed E-state index contributed by atoms with van der Waals surface area (Å²) in [4.78, 5) is 24.9. The fraction of sp³-hybridized carbons (Fsp3) is 0.200. The van der Waals surface area contributed by atoms with Crippen molar-refractivity contribution < 1.29 is 9.21 Å². The number of carbonyl (C=O) groups excluding carboxylic acids is 1. The van der Waals surface area contributed by atoms with Gasteiger partial charge in [-0.2, -0.15) is 0 Å². The van der Waals surface area contributed by atoms with E-state index in [0.29, 0.717) is 29.1 Å². The molecule has 0 aliphatic rings. The second-order valence-electron chi connectivity index (χ2n) is 4.90. The molecule has 0 unspecified atom stereocenters. The monoisotopic (exact) mass is 329 g/mol. The third kappa shape index (κ3) is 3.92. The van der Waals surface area contributed by atoms with Crippen molar-refractivity contribution in [1.29, 1.82) is 0 Å². The quantitative estimate of drug-likeness (QED) is 0.747. The molecule has 0 aromatic carbocycles. The SMILES string of the molecule is Cc1cc(C)nc(Nc2nc(C(=O)NCc3ccco3)cs2)n1. The topological polar surface area (TPSA) is 92.9 Å². The van der Waals surface area contributed by atoms with E-state index >= 15 is 0 Å². The van der Waals surface area contributed by atoms with Crippen LogP contribution >= 0.6 is 11.3 Å². The van der Waals surface area contributed by atoms with Gasteiger partial charge in [-0.15, -0.1) is 11.3 Å². The Morgan fingerprint density at radius 2 is 2.04 bits per heavy atom. The van der Waals surface area contributed by atoms with Gasteiger partial charge in [0.15, 0.2) is 5.13 Å². The highest BCUT2D eigenvalue weighted by atomic mass is 32.1. The Morgan fingerprint density at radius 1 is 1.26 bits per heavy atom. The van der Waals surface area contributed by atoms with Gasteiger partial charge in [0, 0.05) is 16.8 Å². The standard InChI is InChI=1S/C15H15N5O2S/c1-9-6-10(2)18-14(17-9)20-15-19-12(8-23-15)13(21)16-7-11-4-3-5-22-11/h3-6,8H,7H2,1-2H3,(H,16,21)(H,17,18,19,20). The van der Waals surface area contributed by atoms with Gasteiger partial charge in [-0.3, -0.25) is 4.79 Å². The number of carbonyl (C=O) groups is 1. The van der Waals surface area contributed by atoms with Crippen LogP contribution in [0.4, 0.5) is 11.1 Å². The maximum absolute atomic E-state index is 12.0. The van der Waals surface area contributed by atoms with Crippen molar-refractivity contribution in [2.45, 2.75) is 20.4 Å². The number of hydrogen-bond donors (Lipinski definition) is 2. The van der Waals surface area contributed by atoms with Gasteiger partial charge in [0.2, 0.25) is 5.95 Å². The summed E-state index contributed by atoms with van der Waals surface area (Å²) in [7, 11) is 0. The highest BCUT2D eigenvalue weighted by molar-refractivity contribution is 7.14. The number of aryl methyl sites for hydroxylation is 2. The Kier molecular flexibility index (Phi) is 4.33. The molecule has 118 valence electrons. The first-order valence-corrected chi connectivity index (χ1v) is 7.83. The largest absolute Gasteiger partial charge is 0.467 e. The molecule has 0 saturated heterocycles. The molecule has 23 heavy (non-hydrogen) atoms. The van der Waals surface area contributed by atoms with Crippen molar-refractivity contribution >= 4 is 28.3 Å². The minimum atomic E-state index is -0.257. The maximum atomic E-state index is 12.0.